The number of halogens is 1. The molecule has 0 bridgehead atoms. The molecule has 2 aromatic rings. The SMILES string of the molecule is CC(C)N(C(=O)O)c1cc(Nc2ccccc2)nc(Cl)n1. The molecule has 0 spiro atoms. The molecule has 0 aliphatic carbocycles. The molecule has 0 aliphatic rings. The Hall–Kier alpha value is -2.34. The fourth-order valence-electron chi connectivity index (χ4n) is 1.85. The Morgan fingerprint density at radius 3 is 2.52 bits per heavy atom. The highest BCUT2D eigenvalue weighted by Gasteiger charge is 2.20. The fraction of sp³-hybridized carbons (Fsp3) is 0.214. The van der Waals surface area contributed by atoms with Gasteiger partial charge < -0.3 is 10.4 Å². The summed E-state index contributed by atoms with van der Waals surface area (Å²) in [7, 11) is 0. The van der Waals surface area contributed by atoms with Crippen LogP contribution in [0.3, 0.4) is 0 Å². The van der Waals surface area contributed by atoms with Crippen LogP contribution in [0.2, 0.25) is 5.28 Å². The Morgan fingerprint density at radius 1 is 1.29 bits per heavy atom. The van der Waals surface area contributed by atoms with Gasteiger partial charge in [-0.1, -0.05) is 18.2 Å². The van der Waals surface area contributed by atoms with Gasteiger partial charge in [0.1, 0.15) is 11.6 Å². The van der Waals surface area contributed by atoms with Crippen molar-refractivity contribution in [3.05, 3.63) is 41.7 Å². The zero-order chi connectivity index (χ0) is 15.4. The van der Waals surface area contributed by atoms with Crippen molar-refractivity contribution in [2.75, 3.05) is 10.2 Å². The maximum absolute atomic E-state index is 11.3. The van der Waals surface area contributed by atoms with Crippen molar-refractivity contribution >= 4 is 35.0 Å². The fourth-order valence-corrected chi connectivity index (χ4v) is 2.02. The highest BCUT2D eigenvalue weighted by atomic mass is 35.5. The number of carbonyl (C=O) groups is 1. The number of hydrogen-bond donors (Lipinski definition) is 2. The number of nitrogens with zero attached hydrogens (tertiary/aromatic N) is 3. The van der Waals surface area contributed by atoms with Crippen LogP contribution >= 0.6 is 11.6 Å². The van der Waals surface area contributed by atoms with Crippen LogP contribution in [0.4, 0.5) is 22.1 Å². The van der Waals surface area contributed by atoms with Gasteiger partial charge in [0, 0.05) is 17.8 Å². The van der Waals surface area contributed by atoms with Crippen molar-refractivity contribution in [2.45, 2.75) is 19.9 Å². The molecule has 6 nitrogen and oxygen atoms in total. The van der Waals surface area contributed by atoms with Crippen molar-refractivity contribution in [1.82, 2.24) is 9.97 Å². The molecule has 2 N–H and O–H groups in total. The lowest BCUT2D eigenvalue weighted by Crippen LogP contribution is -2.36. The number of aromatic nitrogens is 2. The van der Waals surface area contributed by atoms with Crippen molar-refractivity contribution in [1.29, 1.82) is 0 Å². The smallest absolute Gasteiger partial charge is 0.413 e. The third kappa shape index (κ3) is 3.82. The minimum Gasteiger partial charge on any atom is -0.465 e. The molecule has 0 unspecified atom stereocenters. The molecule has 0 aliphatic heterocycles. The molecular weight excluding hydrogens is 292 g/mol. The molecule has 0 saturated carbocycles. The van der Waals surface area contributed by atoms with Gasteiger partial charge in [-0.25, -0.2) is 9.78 Å². The van der Waals surface area contributed by atoms with Crippen molar-refractivity contribution in [3.63, 3.8) is 0 Å². The maximum Gasteiger partial charge on any atom is 0.413 e. The molecule has 7 heteroatoms. The zero-order valence-electron chi connectivity index (χ0n) is 11.6. The highest BCUT2D eigenvalue weighted by Crippen LogP contribution is 2.23. The summed E-state index contributed by atoms with van der Waals surface area (Å²) in [4.78, 5) is 20.5. The average molecular weight is 307 g/mol. The Bertz CT molecular complexity index is 634. The third-order valence-corrected chi connectivity index (χ3v) is 2.87. The summed E-state index contributed by atoms with van der Waals surface area (Å²) in [5, 5.41) is 12.3. The van der Waals surface area contributed by atoms with E-state index in [1.807, 2.05) is 30.3 Å². The Kier molecular flexibility index (Phi) is 4.59. The molecule has 2 rings (SSSR count). The van der Waals surface area contributed by atoms with E-state index < -0.39 is 6.09 Å². The van der Waals surface area contributed by atoms with Gasteiger partial charge >= 0.3 is 6.09 Å². The minimum atomic E-state index is -1.09. The van der Waals surface area contributed by atoms with Gasteiger partial charge in [-0.2, -0.15) is 4.98 Å². The number of hydrogen-bond acceptors (Lipinski definition) is 4. The second kappa shape index (κ2) is 6.41. The first kappa shape index (κ1) is 15.1. The molecular formula is C14H15ClN4O2. The van der Waals surface area contributed by atoms with E-state index in [9.17, 15) is 9.90 Å². The van der Waals surface area contributed by atoms with Crippen LogP contribution in [0.1, 0.15) is 13.8 Å². The standard InChI is InChI=1S/C14H15ClN4O2/c1-9(2)19(14(20)21)12-8-11(17-13(15)18-12)16-10-6-4-3-5-7-10/h3-9H,1-2H3,(H,20,21)(H,16,17,18). The van der Waals surface area contributed by atoms with Gasteiger partial charge in [0.2, 0.25) is 5.28 Å². The second-order valence-electron chi connectivity index (χ2n) is 4.62. The van der Waals surface area contributed by atoms with Crippen molar-refractivity contribution in [2.24, 2.45) is 0 Å². The summed E-state index contributed by atoms with van der Waals surface area (Å²) in [6.07, 6.45) is -1.09. The number of amides is 1. The molecule has 110 valence electrons. The van der Waals surface area contributed by atoms with Crippen molar-refractivity contribution in [3.8, 4) is 0 Å². The molecule has 1 aromatic heterocycles. The number of nitrogens with one attached hydrogen (secondary N) is 1. The quantitative estimate of drug-likeness (QED) is 0.841. The van der Waals surface area contributed by atoms with E-state index in [0.717, 1.165) is 10.6 Å². The van der Waals surface area contributed by atoms with Gasteiger partial charge in [-0.05, 0) is 37.6 Å². The van der Waals surface area contributed by atoms with E-state index in [-0.39, 0.29) is 17.1 Å². The van der Waals surface area contributed by atoms with Crippen LogP contribution < -0.4 is 10.2 Å². The lowest BCUT2D eigenvalue weighted by Gasteiger charge is -2.22. The molecule has 1 amide bonds. The van der Waals surface area contributed by atoms with E-state index >= 15 is 0 Å². The zero-order valence-corrected chi connectivity index (χ0v) is 12.4. The van der Waals surface area contributed by atoms with E-state index in [4.69, 9.17) is 11.6 Å². The summed E-state index contributed by atoms with van der Waals surface area (Å²) in [6.45, 7) is 3.52. The first-order chi connectivity index (χ1) is 9.97. The molecule has 21 heavy (non-hydrogen) atoms. The summed E-state index contributed by atoms with van der Waals surface area (Å²) < 4.78 is 0. The first-order valence-electron chi connectivity index (χ1n) is 6.36. The predicted molar refractivity (Wildman–Crippen MR) is 82.4 cm³/mol. The number of rotatable bonds is 4. The van der Waals surface area contributed by atoms with Crippen LogP contribution in [0.15, 0.2) is 36.4 Å². The second-order valence-corrected chi connectivity index (χ2v) is 4.96. The van der Waals surface area contributed by atoms with E-state index in [2.05, 4.69) is 15.3 Å². The van der Waals surface area contributed by atoms with Gasteiger partial charge in [0.25, 0.3) is 0 Å². The summed E-state index contributed by atoms with van der Waals surface area (Å²) in [6, 6.07) is 10.7. The highest BCUT2D eigenvalue weighted by molar-refractivity contribution is 6.28. The van der Waals surface area contributed by atoms with Gasteiger partial charge in [-0.3, -0.25) is 4.90 Å². The molecule has 1 aromatic carbocycles. The maximum atomic E-state index is 11.3. The predicted octanol–water partition coefficient (Wildman–Crippen LogP) is 3.77. The van der Waals surface area contributed by atoms with Gasteiger partial charge in [-0.15, -0.1) is 0 Å². The Labute approximate surface area is 127 Å². The van der Waals surface area contributed by atoms with E-state index in [0.29, 0.717) is 5.82 Å². The summed E-state index contributed by atoms with van der Waals surface area (Å²) in [5.74, 6) is 0.666. The molecule has 1 heterocycles. The van der Waals surface area contributed by atoms with Crippen molar-refractivity contribution < 1.29 is 9.90 Å². The number of benzene rings is 1. The normalized spacial score (nSPS) is 10.5. The Morgan fingerprint density at radius 2 is 1.95 bits per heavy atom. The van der Waals surface area contributed by atoms with Gasteiger partial charge in [0.05, 0.1) is 0 Å². The van der Waals surface area contributed by atoms with Crippen LogP contribution in [0.5, 0.6) is 0 Å². The largest absolute Gasteiger partial charge is 0.465 e. The number of para-hydroxylation sites is 1. The first-order valence-corrected chi connectivity index (χ1v) is 6.74. The molecule has 0 saturated heterocycles. The Balaban J connectivity index is 2.35. The molecule has 0 atom stereocenters. The summed E-state index contributed by atoms with van der Waals surface area (Å²) >= 11 is 5.89. The van der Waals surface area contributed by atoms with Crippen LogP contribution in [-0.2, 0) is 0 Å². The van der Waals surface area contributed by atoms with E-state index in [1.165, 1.54) is 0 Å². The third-order valence-electron chi connectivity index (χ3n) is 2.70. The monoisotopic (exact) mass is 306 g/mol. The lowest BCUT2D eigenvalue weighted by molar-refractivity contribution is 0.200. The lowest BCUT2D eigenvalue weighted by atomic mass is 10.3. The molecule has 0 radical (unpaired) electrons. The van der Waals surface area contributed by atoms with Crippen LogP contribution in [-0.4, -0.2) is 27.2 Å². The average Bonchev–Trinajstić information content (AvgIpc) is 2.38. The number of carboxylic acid groups (broad SMARTS) is 1. The minimum absolute atomic E-state index is 0.0159. The van der Waals surface area contributed by atoms with E-state index in [1.54, 1.807) is 19.9 Å². The molecule has 0 fully saturated rings. The van der Waals surface area contributed by atoms with Crippen LogP contribution in [0, 0.1) is 0 Å². The summed E-state index contributed by atoms with van der Waals surface area (Å²) in [5.41, 5.74) is 0.824. The topological polar surface area (TPSA) is 78.4 Å². The van der Waals surface area contributed by atoms with Gasteiger partial charge in [0.15, 0.2) is 0 Å². The van der Waals surface area contributed by atoms with Crippen LogP contribution in [0.25, 0.3) is 0 Å². The number of anilines is 3.